The lowest BCUT2D eigenvalue weighted by atomic mass is 9.85. The van der Waals surface area contributed by atoms with Gasteiger partial charge in [0.1, 0.15) is 0 Å². The molecule has 0 saturated heterocycles. The van der Waals surface area contributed by atoms with E-state index in [0.717, 1.165) is 5.69 Å². The van der Waals surface area contributed by atoms with Crippen LogP contribution in [-0.2, 0) is 5.41 Å². The lowest BCUT2D eigenvalue weighted by molar-refractivity contribution is 0.591. The monoisotopic (exact) mass is 225 g/mol. The van der Waals surface area contributed by atoms with Crippen molar-refractivity contribution in [2.24, 2.45) is 0 Å². The highest BCUT2D eigenvalue weighted by atomic mass is 14.5. The van der Waals surface area contributed by atoms with E-state index < -0.39 is 0 Å². The van der Waals surface area contributed by atoms with E-state index >= 15 is 0 Å². The SMILES string of the molecule is CC(C)(C)c1cc(N)cc(-c2ccccc2)c1. The van der Waals surface area contributed by atoms with E-state index in [4.69, 9.17) is 5.73 Å². The molecule has 0 spiro atoms. The molecule has 17 heavy (non-hydrogen) atoms. The van der Waals surface area contributed by atoms with Crippen LogP contribution in [0.4, 0.5) is 5.69 Å². The summed E-state index contributed by atoms with van der Waals surface area (Å²) in [6, 6.07) is 16.7. The highest BCUT2D eigenvalue weighted by Gasteiger charge is 2.15. The van der Waals surface area contributed by atoms with Crippen LogP contribution >= 0.6 is 0 Å². The first kappa shape index (κ1) is 11.7. The second kappa shape index (κ2) is 4.25. The number of rotatable bonds is 1. The van der Waals surface area contributed by atoms with Crippen LogP contribution in [0.1, 0.15) is 26.3 Å². The average Bonchev–Trinajstić information content (AvgIpc) is 2.28. The zero-order chi connectivity index (χ0) is 12.5. The molecule has 0 saturated carbocycles. The normalized spacial score (nSPS) is 11.5. The molecule has 0 heterocycles. The molecule has 0 fully saturated rings. The molecule has 2 aromatic carbocycles. The van der Waals surface area contributed by atoms with E-state index in [-0.39, 0.29) is 5.41 Å². The fourth-order valence-electron chi connectivity index (χ4n) is 1.88. The minimum Gasteiger partial charge on any atom is -0.399 e. The summed E-state index contributed by atoms with van der Waals surface area (Å²) >= 11 is 0. The van der Waals surface area contributed by atoms with Crippen molar-refractivity contribution >= 4 is 5.69 Å². The van der Waals surface area contributed by atoms with Gasteiger partial charge >= 0.3 is 0 Å². The summed E-state index contributed by atoms with van der Waals surface area (Å²) in [4.78, 5) is 0. The van der Waals surface area contributed by atoms with E-state index in [0.29, 0.717) is 0 Å². The van der Waals surface area contributed by atoms with Crippen molar-refractivity contribution in [2.75, 3.05) is 5.73 Å². The second-order valence-corrected chi connectivity index (χ2v) is 5.46. The highest BCUT2D eigenvalue weighted by molar-refractivity contribution is 5.69. The Morgan fingerprint density at radius 3 is 2.06 bits per heavy atom. The Balaban J connectivity index is 2.54. The van der Waals surface area contributed by atoms with Crippen molar-refractivity contribution in [2.45, 2.75) is 26.2 Å². The number of hydrogen-bond donors (Lipinski definition) is 1. The Labute approximate surface area is 103 Å². The van der Waals surface area contributed by atoms with E-state index in [1.165, 1.54) is 16.7 Å². The van der Waals surface area contributed by atoms with Gasteiger partial charge in [0.15, 0.2) is 0 Å². The maximum atomic E-state index is 5.99. The zero-order valence-corrected chi connectivity index (χ0v) is 10.7. The van der Waals surface area contributed by atoms with Gasteiger partial charge < -0.3 is 5.73 Å². The summed E-state index contributed by atoms with van der Waals surface area (Å²) < 4.78 is 0. The van der Waals surface area contributed by atoms with E-state index in [1.54, 1.807) is 0 Å². The maximum absolute atomic E-state index is 5.99. The first-order valence-corrected chi connectivity index (χ1v) is 5.93. The number of nitrogens with two attached hydrogens (primary N) is 1. The van der Waals surface area contributed by atoms with E-state index in [2.05, 4.69) is 57.2 Å². The Morgan fingerprint density at radius 2 is 1.47 bits per heavy atom. The van der Waals surface area contributed by atoms with Gasteiger partial charge in [0.2, 0.25) is 0 Å². The smallest absolute Gasteiger partial charge is 0.0323 e. The Hall–Kier alpha value is -1.76. The van der Waals surface area contributed by atoms with Crippen LogP contribution in [0.3, 0.4) is 0 Å². The quantitative estimate of drug-likeness (QED) is 0.722. The summed E-state index contributed by atoms with van der Waals surface area (Å²) in [6.45, 7) is 6.61. The molecule has 2 N–H and O–H groups in total. The van der Waals surface area contributed by atoms with Gasteiger partial charge in [-0.3, -0.25) is 0 Å². The number of benzene rings is 2. The minimum absolute atomic E-state index is 0.124. The van der Waals surface area contributed by atoms with Crippen LogP contribution in [0.5, 0.6) is 0 Å². The van der Waals surface area contributed by atoms with Gasteiger partial charge in [-0.2, -0.15) is 0 Å². The van der Waals surface area contributed by atoms with Gasteiger partial charge in [-0.05, 0) is 34.2 Å². The summed E-state index contributed by atoms with van der Waals surface area (Å²) in [5, 5.41) is 0. The van der Waals surface area contributed by atoms with Crippen LogP contribution in [0.15, 0.2) is 48.5 Å². The van der Waals surface area contributed by atoms with Crippen LogP contribution in [0, 0.1) is 0 Å². The predicted octanol–water partition coefficient (Wildman–Crippen LogP) is 4.23. The Morgan fingerprint density at radius 1 is 0.824 bits per heavy atom. The second-order valence-electron chi connectivity index (χ2n) is 5.46. The Kier molecular flexibility index (Phi) is 2.93. The lowest BCUT2D eigenvalue weighted by Crippen LogP contribution is -2.11. The zero-order valence-electron chi connectivity index (χ0n) is 10.7. The van der Waals surface area contributed by atoms with Crippen LogP contribution in [-0.4, -0.2) is 0 Å². The summed E-state index contributed by atoms with van der Waals surface area (Å²) in [6.07, 6.45) is 0. The van der Waals surface area contributed by atoms with Crippen molar-refractivity contribution in [1.82, 2.24) is 0 Å². The third kappa shape index (κ3) is 2.68. The highest BCUT2D eigenvalue weighted by Crippen LogP contribution is 2.30. The molecule has 0 unspecified atom stereocenters. The van der Waals surface area contributed by atoms with Crippen molar-refractivity contribution in [3.05, 3.63) is 54.1 Å². The number of hydrogen-bond acceptors (Lipinski definition) is 1. The van der Waals surface area contributed by atoms with Crippen molar-refractivity contribution in [1.29, 1.82) is 0 Å². The van der Waals surface area contributed by atoms with E-state index in [9.17, 15) is 0 Å². The molecule has 1 nitrogen and oxygen atoms in total. The topological polar surface area (TPSA) is 26.0 Å². The molecule has 0 bridgehead atoms. The molecule has 0 aromatic heterocycles. The third-order valence-electron chi connectivity index (χ3n) is 2.93. The number of nitrogen functional groups attached to an aromatic ring is 1. The van der Waals surface area contributed by atoms with Crippen molar-refractivity contribution < 1.29 is 0 Å². The standard InChI is InChI=1S/C16H19N/c1-16(2,3)14-9-13(10-15(17)11-14)12-7-5-4-6-8-12/h4-11H,17H2,1-3H3. The molecule has 0 aliphatic rings. The molecule has 2 aromatic rings. The van der Waals surface area contributed by atoms with Gasteiger partial charge in [0, 0.05) is 5.69 Å². The van der Waals surface area contributed by atoms with Crippen LogP contribution < -0.4 is 5.73 Å². The minimum atomic E-state index is 0.124. The molecule has 2 rings (SSSR count). The van der Waals surface area contributed by atoms with Crippen LogP contribution in [0.2, 0.25) is 0 Å². The van der Waals surface area contributed by atoms with Crippen LogP contribution in [0.25, 0.3) is 11.1 Å². The summed E-state index contributed by atoms with van der Waals surface area (Å²) in [7, 11) is 0. The maximum Gasteiger partial charge on any atom is 0.0323 e. The molecule has 0 atom stereocenters. The van der Waals surface area contributed by atoms with Gasteiger partial charge in [-0.25, -0.2) is 0 Å². The molecule has 0 amide bonds. The molecule has 0 aliphatic heterocycles. The number of anilines is 1. The molecule has 0 radical (unpaired) electrons. The first-order valence-electron chi connectivity index (χ1n) is 5.93. The molecular weight excluding hydrogens is 206 g/mol. The summed E-state index contributed by atoms with van der Waals surface area (Å²) in [5.74, 6) is 0. The largest absolute Gasteiger partial charge is 0.399 e. The summed E-state index contributed by atoms with van der Waals surface area (Å²) in [5.41, 5.74) is 10.6. The fraction of sp³-hybridized carbons (Fsp3) is 0.250. The first-order chi connectivity index (χ1) is 7.97. The van der Waals surface area contributed by atoms with Gasteiger partial charge in [0.25, 0.3) is 0 Å². The lowest BCUT2D eigenvalue weighted by Gasteiger charge is -2.20. The fourth-order valence-corrected chi connectivity index (χ4v) is 1.88. The molecule has 0 aliphatic carbocycles. The van der Waals surface area contributed by atoms with Crippen molar-refractivity contribution in [3.8, 4) is 11.1 Å². The van der Waals surface area contributed by atoms with E-state index in [1.807, 2.05) is 12.1 Å². The molecular formula is C16H19N. The average molecular weight is 225 g/mol. The van der Waals surface area contributed by atoms with Crippen molar-refractivity contribution in [3.63, 3.8) is 0 Å². The molecule has 1 heteroatoms. The third-order valence-corrected chi connectivity index (χ3v) is 2.93. The van der Waals surface area contributed by atoms with Gasteiger partial charge in [0.05, 0.1) is 0 Å². The van der Waals surface area contributed by atoms with Gasteiger partial charge in [-0.15, -0.1) is 0 Å². The van der Waals surface area contributed by atoms with Gasteiger partial charge in [-0.1, -0.05) is 57.2 Å². The molecule has 88 valence electrons. The predicted molar refractivity (Wildman–Crippen MR) is 75.0 cm³/mol. The Bertz CT molecular complexity index is 507.